The molecule has 0 N–H and O–H groups in total. The number of alkyl halides is 1. The molecule has 68 valence electrons. The number of Topliss-reactive ketones (excluding diaryl/α,β-unsaturated/α-hetero) is 1. The van der Waals surface area contributed by atoms with E-state index in [0.29, 0.717) is 0 Å². The van der Waals surface area contributed by atoms with Gasteiger partial charge in [-0.15, -0.1) is 0 Å². The second-order valence-electron chi connectivity index (χ2n) is 1.77. The molecule has 0 aliphatic carbocycles. The number of hydrogen-bond donors (Lipinski definition) is 0. The minimum atomic E-state index is -2.58. The number of ether oxygens (including phenoxy) is 1. The molecule has 0 aromatic heterocycles. The van der Waals surface area contributed by atoms with Crippen LogP contribution >= 0.6 is 0 Å². The van der Waals surface area contributed by atoms with Crippen molar-refractivity contribution in [3.63, 3.8) is 0 Å². The van der Waals surface area contributed by atoms with Crippen molar-refractivity contribution in [2.24, 2.45) is 0 Å². The highest BCUT2D eigenvalue weighted by atomic mass is 19.3. The van der Waals surface area contributed by atoms with E-state index in [2.05, 4.69) is 4.74 Å². The maximum atomic E-state index is 12.1. The number of carbonyl (C=O) groups is 2. The largest absolute Gasteiger partial charge is 0.421 e. The number of esters is 1. The van der Waals surface area contributed by atoms with Crippen LogP contribution in [0.3, 0.4) is 0 Å². The van der Waals surface area contributed by atoms with Crippen molar-refractivity contribution >= 4 is 11.8 Å². The van der Waals surface area contributed by atoms with Crippen LogP contribution in [-0.4, -0.2) is 18.1 Å². The molecule has 0 aromatic rings. The Kier molecular flexibility index (Phi) is 4.03. The zero-order chi connectivity index (χ0) is 9.72. The first-order chi connectivity index (χ1) is 5.43. The first kappa shape index (κ1) is 10.7. The molecule has 0 bridgehead atoms. The minimum absolute atomic E-state index is 0.221. The molecule has 6 heteroatoms. The molecule has 0 spiro atoms. The van der Waals surface area contributed by atoms with E-state index in [1.165, 1.54) is 0 Å². The SMILES string of the molecule is CC(=O)C(=O)OC(F)C=C(F)F. The standard InChI is InChI=1S/C6H5F3O3/c1-3(10)6(11)12-5(9)2-4(7)8/h2,5H,1H3. The summed E-state index contributed by atoms with van der Waals surface area (Å²) in [7, 11) is 0. The summed E-state index contributed by atoms with van der Waals surface area (Å²) in [5.74, 6) is -2.54. The Hall–Kier alpha value is -1.33. The van der Waals surface area contributed by atoms with E-state index in [0.717, 1.165) is 6.92 Å². The predicted octanol–water partition coefficient (Wildman–Crippen LogP) is 1.19. The average Bonchev–Trinajstić information content (AvgIpc) is 1.84. The summed E-state index contributed by atoms with van der Waals surface area (Å²) in [4.78, 5) is 20.4. The lowest BCUT2D eigenvalue weighted by atomic mass is 10.5. The van der Waals surface area contributed by atoms with Crippen LogP contribution in [0, 0.1) is 0 Å². The van der Waals surface area contributed by atoms with Gasteiger partial charge in [0, 0.05) is 6.92 Å². The molecule has 1 unspecified atom stereocenters. The van der Waals surface area contributed by atoms with Crippen molar-refractivity contribution in [3.8, 4) is 0 Å². The zero-order valence-corrected chi connectivity index (χ0v) is 6.01. The highest BCUT2D eigenvalue weighted by Crippen LogP contribution is 2.04. The molecular weight excluding hydrogens is 177 g/mol. The molecule has 0 saturated carbocycles. The van der Waals surface area contributed by atoms with Crippen molar-refractivity contribution in [2.75, 3.05) is 0 Å². The van der Waals surface area contributed by atoms with Gasteiger partial charge in [0.15, 0.2) is 0 Å². The Labute approximate surface area is 65.8 Å². The molecule has 0 radical (unpaired) electrons. The van der Waals surface area contributed by atoms with Crippen molar-refractivity contribution in [2.45, 2.75) is 13.3 Å². The Morgan fingerprint density at radius 3 is 2.25 bits per heavy atom. The molecule has 0 aliphatic heterocycles. The van der Waals surface area contributed by atoms with E-state index in [4.69, 9.17) is 0 Å². The van der Waals surface area contributed by atoms with Crippen LogP contribution in [0.15, 0.2) is 12.2 Å². The van der Waals surface area contributed by atoms with E-state index in [1.807, 2.05) is 0 Å². The summed E-state index contributed by atoms with van der Waals surface area (Å²) in [5, 5.41) is 0. The van der Waals surface area contributed by atoms with E-state index in [9.17, 15) is 22.8 Å². The first-order valence-electron chi connectivity index (χ1n) is 2.82. The Morgan fingerprint density at radius 1 is 1.42 bits per heavy atom. The molecule has 0 amide bonds. The van der Waals surface area contributed by atoms with Crippen LogP contribution in [0.5, 0.6) is 0 Å². The minimum Gasteiger partial charge on any atom is -0.421 e. The Balaban J connectivity index is 4.02. The fourth-order valence-corrected chi connectivity index (χ4v) is 0.318. The topological polar surface area (TPSA) is 43.4 Å². The smallest absolute Gasteiger partial charge is 0.377 e. The van der Waals surface area contributed by atoms with Crippen LogP contribution in [0.1, 0.15) is 6.92 Å². The van der Waals surface area contributed by atoms with Crippen LogP contribution < -0.4 is 0 Å². The molecule has 12 heavy (non-hydrogen) atoms. The van der Waals surface area contributed by atoms with Crippen molar-refractivity contribution in [1.29, 1.82) is 0 Å². The summed E-state index contributed by atoms with van der Waals surface area (Å²) < 4.78 is 38.3. The summed E-state index contributed by atoms with van der Waals surface area (Å²) in [6.45, 7) is 0.838. The second kappa shape index (κ2) is 4.53. The Morgan fingerprint density at radius 2 is 1.92 bits per heavy atom. The first-order valence-corrected chi connectivity index (χ1v) is 2.82. The van der Waals surface area contributed by atoms with Gasteiger partial charge in [0.1, 0.15) is 0 Å². The van der Waals surface area contributed by atoms with Gasteiger partial charge >= 0.3 is 5.97 Å². The number of halogens is 3. The summed E-state index contributed by atoms with van der Waals surface area (Å²) >= 11 is 0. The normalized spacial score (nSPS) is 11.7. The lowest BCUT2D eigenvalue weighted by molar-refractivity contribution is -0.160. The molecule has 3 nitrogen and oxygen atoms in total. The maximum absolute atomic E-state index is 12.1. The number of carbonyl (C=O) groups excluding carboxylic acids is 2. The van der Waals surface area contributed by atoms with E-state index >= 15 is 0 Å². The number of hydrogen-bond acceptors (Lipinski definition) is 3. The summed E-state index contributed by atoms with van der Waals surface area (Å²) in [6, 6.07) is 0. The van der Waals surface area contributed by atoms with Crippen LogP contribution in [0.4, 0.5) is 13.2 Å². The van der Waals surface area contributed by atoms with Gasteiger partial charge in [-0.3, -0.25) is 4.79 Å². The fraction of sp³-hybridized carbons (Fsp3) is 0.333. The lowest BCUT2D eigenvalue weighted by Gasteiger charge is -2.01. The van der Waals surface area contributed by atoms with Gasteiger partial charge in [0.25, 0.3) is 12.4 Å². The zero-order valence-electron chi connectivity index (χ0n) is 6.01. The predicted molar refractivity (Wildman–Crippen MR) is 32.0 cm³/mol. The van der Waals surface area contributed by atoms with E-state index in [-0.39, 0.29) is 6.08 Å². The molecule has 0 fully saturated rings. The molecule has 1 atom stereocenters. The van der Waals surface area contributed by atoms with Gasteiger partial charge in [-0.1, -0.05) is 0 Å². The van der Waals surface area contributed by atoms with Gasteiger partial charge in [-0.2, -0.15) is 13.2 Å². The monoisotopic (exact) mass is 182 g/mol. The third kappa shape index (κ3) is 4.48. The van der Waals surface area contributed by atoms with Crippen LogP contribution in [0.25, 0.3) is 0 Å². The fourth-order valence-electron chi connectivity index (χ4n) is 0.318. The maximum Gasteiger partial charge on any atom is 0.377 e. The van der Waals surface area contributed by atoms with Gasteiger partial charge in [0.05, 0.1) is 6.08 Å². The second-order valence-corrected chi connectivity index (χ2v) is 1.77. The molecule has 0 saturated heterocycles. The molecule has 0 aliphatic rings. The Bertz CT molecular complexity index is 220. The van der Waals surface area contributed by atoms with Crippen molar-refractivity contribution < 1.29 is 27.5 Å². The van der Waals surface area contributed by atoms with Crippen LogP contribution in [0.2, 0.25) is 0 Å². The number of rotatable bonds is 3. The lowest BCUT2D eigenvalue weighted by Crippen LogP contribution is -2.18. The quantitative estimate of drug-likeness (QED) is 0.486. The van der Waals surface area contributed by atoms with Gasteiger partial charge < -0.3 is 4.74 Å². The van der Waals surface area contributed by atoms with Gasteiger partial charge in [-0.05, 0) is 0 Å². The van der Waals surface area contributed by atoms with Gasteiger partial charge in [0.2, 0.25) is 5.78 Å². The van der Waals surface area contributed by atoms with Gasteiger partial charge in [-0.25, -0.2) is 4.79 Å². The summed E-state index contributed by atoms with van der Waals surface area (Å²) in [5.41, 5.74) is 0. The molecule has 0 aromatic carbocycles. The molecule has 0 heterocycles. The van der Waals surface area contributed by atoms with E-state index < -0.39 is 24.2 Å². The molecule has 0 rings (SSSR count). The third-order valence-electron chi connectivity index (χ3n) is 0.764. The number of ketones is 1. The van der Waals surface area contributed by atoms with Crippen LogP contribution in [-0.2, 0) is 14.3 Å². The van der Waals surface area contributed by atoms with Crippen molar-refractivity contribution in [3.05, 3.63) is 12.2 Å². The van der Waals surface area contributed by atoms with Crippen molar-refractivity contribution in [1.82, 2.24) is 0 Å². The average molecular weight is 182 g/mol. The highest BCUT2D eigenvalue weighted by molar-refractivity contribution is 6.32. The third-order valence-corrected chi connectivity index (χ3v) is 0.764. The van der Waals surface area contributed by atoms with E-state index in [1.54, 1.807) is 0 Å². The molecular formula is C6H5F3O3. The summed E-state index contributed by atoms with van der Waals surface area (Å²) in [6.07, 6.45) is -5.12. The highest BCUT2D eigenvalue weighted by Gasteiger charge is 2.15.